The molecule has 0 atom stereocenters. The van der Waals surface area contributed by atoms with Crippen molar-refractivity contribution in [2.45, 2.75) is 51.7 Å². The number of nitrogens with one attached hydrogen (secondary N) is 1. The fourth-order valence-corrected chi connectivity index (χ4v) is 4.50. The Kier molecular flexibility index (Phi) is 7.80. The van der Waals surface area contributed by atoms with Crippen molar-refractivity contribution in [3.05, 3.63) is 77.4 Å². The van der Waals surface area contributed by atoms with Crippen LogP contribution < -0.4 is 10.1 Å². The second-order valence-electron chi connectivity index (χ2n) is 10.1. The van der Waals surface area contributed by atoms with E-state index in [-0.39, 0.29) is 23.7 Å². The number of hydrogen-bond donors (Lipinski definition) is 1. The smallest absolute Gasteiger partial charge is 0.410 e. The average Bonchev–Trinajstić information content (AvgIpc) is 3.32. The van der Waals surface area contributed by atoms with Crippen LogP contribution in [0.25, 0.3) is 5.69 Å². The van der Waals surface area contributed by atoms with Crippen LogP contribution >= 0.6 is 0 Å². The fraction of sp³-hybridized carbons (Fsp3) is 0.393. The maximum Gasteiger partial charge on any atom is 0.410 e. The third-order valence-corrected chi connectivity index (χ3v) is 6.29. The number of aromatic nitrogens is 2. The van der Waals surface area contributed by atoms with Gasteiger partial charge in [0, 0.05) is 31.1 Å². The predicted molar refractivity (Wildman–Crippen MR) is 137 cm³/mol. The molecule has 4 rings (SSSR count). The summed E-state index contributed by atoms with van der Waals surface area (Å²) in [6.45, 7) is 6.81. The molecule has 2 aromatic carbocycles. The zero-order valence-electron chi connectivity index (χ0n) is 21.7. The molecule has 0 unspecified atom stereocenters. The van der Waals surface area contributed by atoms with Gasteiger partial charge in [-0.25, -0.2) is 13.9 Å². The molecule has 2 heterocycles. The fourth-order valence-electron chi connectivity index (χ4n) is 4.50. The Balaban J connectivity index is 1.57. The average molecular weight is 509 g/mol. The van der Waals surface area contributed by atoms with Crippen molar-refractivity contribution >= 4 is 12.0 Å². The zero-order valence-corrected chi connectivity index (χ0v) is 21.7. The molecule has 8 nitrogen and oxygen atoms in total. The summed E-state index contributed by atoms with van der Waals surface area (Å²) in [5.74, 6) is 0.0551. The van der Waals surface area contributed by atoms with Gasteiger partial charge in [-0.3, -0.25) is 4.79 Å². The molecule has 1 N–H and O–H groups in total. The van der Waals surface area contributed by atoms with Gasteiger partial charge >= 0.3 is 6.09 Å². The van der Waals surface area contributed by atoms with Crippen LogP contribution in [0.15, 0.2) is 54.7 Å². The number of amides is 2. The third kappa shape index (κ3) is 6.28. The Morgan fingerprint density at radius 2 is 1.76 bits per heavy atom. The van der Waals surface area contributed by atoms with Gasteiger partial charge < -0.3 is 19.7 Å². The Bertz CT molecular complexity index is 1240. The summed E-state index contributed by atoms with van der Waals surface area (Å²) in [6.07, 6.45) is 2.49. The second kappa shape index (κ2) is 11.0. The molecule has 1 aromatic heterocycles. The van der Waals surface area contributed by atoms with Crippen molar-refractivity contribution in [3.8, 4) is 11.4 Å². The Morgan fingerprint density at radius 3 is 2.41 bits per heavy atom. The summed E-state index contributed by atoms with van der Waals surface area (Å²) in [4.78, 5) is 27.6. The van der Waals surface area contributed by atoms with Crippen LogP contribution in [0, 0.1) is 5.82 Å². The van der Waals surface area contributed by atoms with Crippen molar-refractivity contribution in [1.82, 2.24) is 20.0 Å². The first-order valence-electron chi connectivity index (χ1n) is 12.4. The van der Waals surface area contributed by atoms with Crippen LogP contribution in [0.4, 0.5) is 9.18 Å². The highest BCUT2D eigenvalue weighted by atomic mass is 19.1. The first-order valence-corrected chi connectivity index (χ1v) is 12.4. The van der Waals surface area contributed by atoms with Crippen molar-refractivity contribution < 1.29 is 23.5 Å². The molecular weight excluding hydrogens is 475 g/mol. The number of carbonyl (C=O) groups excluding carboxylic acids is 2. The standard InChI is InChI=1S/C28H33FN4O4/c1-28(2,3)37-27(35)32-15-13-19(14-16-32)25-23(18-31-33(25)22-11-9-21(29)10-12-22)26(34)30-17-20-7-5-6-8-24(20)36-4/h5-12,18-19H,13-17H2,1-4H3,(H,30,34). The molecule has 1 aliphatic heterocycles. The molecule has 196 valence electrons. The Labute approximate surface area is 216 Å². The van der Waals surface area contributed by atoms with Gasteiger partial charge in [0.15, 0.2) is 0 Å². The summed E-state index contributed by atoms with van der Waals surface area (Å²) >= 11 is 0. The molecule has 0 spiro atoms. The van der Waals surface area contributed by atoms with Crippen LogP contribution in [-0.2, 0) is 11.3 Å². The molecule has 0 saturated carbocycles. The summed E-state index contributed by atoms with van der Waals surface area (Å²) < 4.78 is 26.2. The minimum absolute atomic E-state index is 0.0294. The number of carbonyl (C=O) groups is 2. The molecule has 2 amide bonds. The summed E-state index contributed by atoms with van der Waals surface area (Å²) in [6, 6.07) is 13.5. The minimum atomic E-state index is -0.568. The number of ether oxygens (including phenoxy) is 2. The highest BCUT2D eigenvalue weighted by Crippen LogP contribution is 2.33. The number of hydrogen-bond acceptors (Lipinski definition) is 5. The van der Waals surface area contributed by atoms with Crippen LogP contribution in [0.5, 0.6) is 5.75 Å². The molecule has 9 heteroatoms. The lowest BCUT2D eigenvalue weighted by atomic mass is 9.90. The summed E-state index contributed by atoms with van der Waals surface area (Å²) in [5, 5.41) is 7.49. The molecule has 0 bridgehead atoms. The lowest BCUT2D eigenvalue weighted by molar-refractivity contribution is 0.0203. The third-order valence-electron chi connectivity index (χ3n) is 6.29. The van der Waals surface area contributed by atoms with Gasteiger partial charge in [-0.05, 0) is 63.9 Å². The van der Waals surface area contributed by atoms with Crippen molar-refractivity contribution in [3.63, 3.8) is 0 Å². The lowest BCUT2D eigenvalue weighted by Crippen LogP contribution is -2.41. The first kappa shape index (κ1) is 26.2. The number of benzene rings is 2. The van der Waals surface area contributed by atoms with E-state index >= 15 is 0 Å². The molecular formula is C28H33FN4O4. The monoisotopic (exact) mass is 508 g/mol. The summed E-state index contributed by atoms with van der Waals surface area (Å²) in [5.41, 5.74) is 2.15. The number of likely N-dealkylation sites (tertiary alicyclic amines) is 1. The van der Waals surface area contributed by atoms with Gasteiger partial charge in [0.1, 0.15) is 17.2 Å². The van der Waals surface area contributed by atoms with E-state index in [2.05, 4.69) is 10.4 Å². The number of rotatable bonds is 6. The quantitative estimate of drug-likeness (QED) is 0.503. The number of methoxy groups -OCH3 is 1. The zero-order chi connectivity index (χ0) is 26.6. The van der Waals surface area contributed by atoms with Gasteiger partial charge in [-0.2, -0.15) is 5.10 Å². The van der Waals surface area contributed by atoms with Gasteiger partial charge in [-0.15, -0.1) is 0 Å². The Morgan fingerprint density at radius 1 is 1.08 bits per heavy atom. The topological polar surface area (TPSA) is 85.7 Å². The van der Waals surface area contributed by atoms with Crippen LogP contribution in [-0.4, -0.2) is 52.5 Å². The van der Waals surface area contributed by atoms with Crippen LogP contribution in [0.1, 0.15) is 61.1 Å². The van der Waals surface area contributed by atoms with Gasteiger partial charge in [0.05, 0.1) is 30.3 Å². The van der Waals surface area contributed by atoms with Crippen molar-refractivity contribution in [2.75, 3.05) is 20.2 Å². The highest BCUT2D eigenvalue weighted by molar-refractivity contribution is 5.95. The van der Waals surface area contributed by atoms with E-state index in [1.807, 2.05) is 45.0 Å². The van der Waals surface area contributed by atoms with Crippen molar-refractivity contribution in [1.29, 1.82) is 0 Å². The predicted octanol–water partition coefficient (Wildman–Crippen LogP) is 5.06. The van der Waals surface area contributed by atoms with E-state index < -0.39 is 5.60 Å². The molecule has 1 saturated heterocycles. The molecule has 1 aliphatic rings. The maximum absolute atomic E-state index is 13.6. The number of piperidine rings is 1. The SMILES string of the molecule is COc1ccccc1CNC(=O)c1cnn(-c2ccc(F)cc2)c1C1CCN(C(=O)OC(C)(C)C)CC1. The molecule has 0 aliphatic carbocycles. The molecule has 0 radical (unpaired) electrons. The van der Waals surface area contributed by atoms with E-state index in [1.54, 1.807) is 35.0 Å². The highest BCUT2D eigenvalue weighted by Gasteiger charge is 2.32. The van der Waals surface area contributed by atoms with E-state index in [9.17, 15) is 14.0 Å². The number of nitrogens with zero attached hydrogens (tertiary/aromatic N) is 3. The van der Waals surface area contributed by atoms with Gasteiger partial charge in [0.25, 0.3) is 5.91 Å². The molecule has 3 aromatic rings. The number of para-hydroxylation sites is 1. The summed E-state index contributed by atoms with van der Waals surface area (Å²) in [7, 11) is 1.59. The van der Waals surface area contributed by atoms with E-state index in [0.717, 1.165) is 11.3 Å². The first-order chi connectivity index (χ1) is 17.7. The van der Waals surface area contributed by atoms with Gasteiger partial charge in [-0.1, -0.05) is 18.2 Å². The van der Waals surface area contributed by atoms with E-state index in [0.29, 0.717) is 49.5 Å². The van der Waals surface area contributed by atoms with Crippen LogP contribution in [0.2, 0.25) is 0 Å². The number of halogens is 1. The minimum Gasteiger partial charge on any atom is -0.496 e. The molecule has 37 heavy (non-hydrogen) atoms. The van der Waals surface area contributed by atoms with E-state index in [1.165, 1.54) is 12.1 Å². The molecule has 1 fully saturated rings. The van der Waals surface area contributed by atoms with Crippen molar-refractivity contribution in [2.24, 2.45) is 0 Å². The van der Waals surface area contributed by atoms with Crippen LogP contribution in [0.3, 0.4) is 0 Å². The van der Waals surface area contributed by atoms with E-state index in [4.69, 9.17) is 9.47 Å². The lowest BCUT2D eigenvalue weighted by Gasteiger charge is -2.34. The second-order valence-corrected chi connectivity index (χ2v) is 10.1. The maximum atomic E-state index is 13.6. The Hall–Kier alpha value is -3.88. The normalized spacial score (nSPS) is 14.4. The largest absolute Gasteiger partial charge is 0.496 e. The van der Waals surface area contributed by atoms with Gasteiger partial charge in [0.2, 0.25) is 0 Å².